The highest BCUT2D eigenvalue weighted by atomic mass is 16.4. The fraction of sp³-hybridized carbons (Fsp3) is 0.467. The highest BCUT2D eigenvalue weighted by molar-refractivity contribution is 5.97. The van der Waals surface area contributed by atoms with E-state index in [9.17, 15) is 14.7 Å². The number of carbonyl (C=O) groups is 2. The second-order valence-electron chi connectivity index (χ2n) is 10.1. The van der Waals surface area contributed by atoms with Crippen LogP contribution < -0.4 is 0 Å². The Balaban J connectivity index is 1.94. The summed E-state index contributed by atoms with van der Waals surface area (Å²) in [5.74, 6) is -1.32. The maximum atomic E-state index is 12.8. The molecule has 1 aliphatic carbocycles. The lowest BCUT2D eigenvalue weighted by Crippen LogP contribution is -2.32. The molecule has 188 valence electrons. The molecule has 1 amide bonds. The number of carbonyl (C=O) groups excluding carboxylic acids is 1. The summed E-state index contributed by atoms with van der Waals surface area (Å²) in [6, 6.07) is 12.5. The first-order valence-corrected chi connectivity index (χ1v) is 12.7. The third-order valence-corrected chi connectivity index (χ3v) is 7.80. The molecular weight excluding hydrogens is 438 g/mol. The molecule has 2 aromatic rings. The van der Waals surface area contributed by atoms with Crippen LogP contribution in [0.25, 0.3) is 6.08 Å². The predicted molar refractivity (Wildman–Crippen MR) is 141 cm³/mol. The predicted octanol–water partition coefficient (Wildman–Crippen LogP) is 5.88. The molecule has 2 N–H and O–H groups in total. The van der Waals surface area contributed by atoms with Gasteiger partial charge in [-0.3, -0.25) is 9.59 Å². The number of amides is 1. The van der Waals surface area contributed by atoms with E-state index < -0.39 is 11.6 Å². The van der Waals surface area contributed by atoms with E-state index in [-0.39, 0.29) is 17.9 Å². The maximum Gasteiger partial charge on any atom is 0.323 e. The summed E-state index contributed by atoms with van der Waals surface area (Å²) in [6.45, 7) is 8.08. The lowest BCUT2D eigenvalue weighted by atomic mass is 9.69. The zero-order valence-electron chi connectivity index (χ0n) is 21.7. The van der Waals surface area contributed by atoms with Gasteiger partial charge >= 0.3 is 5.97 Å². The highest BCUT2D eigenvalue weighted by Gasteiger charge is 2.32. The number of hydrogen-bond donors (Lipinski definition) is 2. The summed E-state index contributed by atoms with van der Waals surface area (Å²) < 4.78 is 0. The normalized spacial score (nSPS) is 15.5. The van der Waals surface area contributed by atoms with Gasteiger partial charge in [0, 0.05) is 18.0 Å². The van der Waals surface area contributed by atoms with E-state index in [2.05, 4.69) is 51.1 Å². The second kappa shape index (κ2) is 10.8. The zero-order chi connectivity index (χ0) is 25.8. The monoisotopic (exact) mass is 477 g/mol. The summed E-state index contributed by atoms with van der Waals surface area (Å²) in [6.07, 6.45) is 9.66. The largest absolute Gasteiger partial charge is 0.480 e. The fourth-order valence-corrected chi connectivity index (χ4v) is 5.47. The van der Waals surface area contributed by atoms with E-state index in [1.807, 2.05) is 25.1 Å². The van der Waals surface area contributed by atoms with Crippen LogP contribution in [0.15, 0.2) is 42.5 Å². The van der Waals surface area contributed by atoms with Crippen LogP contribution in [0.5, 0.6) is 0 Å². The molecular formula is C30H39NO4. The van der Waals surface area contributed by atoms with Crippen LogP contribution in [-0.2, 0) is 10.2 Å². The molecule has 0 radical (unpaired) electrons. The highest BCUT2D eigenvalue weighted by Crippen LogP contribution is 2.40. The van der Waals surface area contributed by atoms with Crippen molar-refractivity contribution >= 4 is 18.0 Å². The summed E-state index contributed by atoms with van der Waals surface area (Å²) in [7, 11) is 1.51. The molecule has 2 aromatic carbocycles. The number of aliphatic hydroxyl groups is 1. The van der Waals surface area contributed by atoms with Crippen molar-refractivity contribution in [1.29, 1.82) is 0 Å². The van der Waals surface area contributed by atoms with Crippen LogP contribution in [0.2, 0.25) is 0 Å². The summed E-state index contributed by atoms with van der Waals surface area (Å²) in [5, 5.41) is 19.7. The Labute approximate surface area is 209 Å². The number of rotatable bonds is 9. The molecule has 5 heteroatoms. The Morgan fingerprint density at radius 2 is 1.57 bits per heavy atom. The van der Waals surface area contributed by atoms with Crippen molar-refractivity contribution in [2.24, 2.45) is 0 Å². The molecule has 0 aromatic heterocycles. The van der Waals surface area contributed by atoms with Gasteiger partial charge in [-0.05, 0) is 73.4 Å². The molecule has 1 aliphatic rings. The first-order chi connectivity index (χ1) is 16.5. The minimum absolute atomic E-state index is 0.198. The van der Waals surface area contributed by atoms with Gasteiger partial charge in [-0.15, -0.1) is 0 Å². The van der Waals surface area contributed by atoms with Crippen LogP contribution in [0.1, 0.15) is 90.5 Å². The number of hydrogen-bond acceptors (Lipinski definition) is 3. The van der Waals surface area contributed by atoms with Crippen molar-refractivity contribution in [2.75, 3.05) is 13.6 Å². The van der Waals surface area contributed by atoms with E-state index in [4.69, 9.17) is 5.11 Å². The Bertz CT molecular complexity index is 1110. The Morgan fingerprint density at radius 3 is 2.09 bits per heavy atom. The lowest BCUT2D eigenvalue weighted by Gasteiger charge is -2.34. The Hall–Kier alpha value is -2.92. The molecule has 3 rings (SSSR count). The van der Waals surface area contributed by atoms with Crippen molar-refractivity contribution in [2.45, 2.75) is 77.2 Å². The van der Waals surface area contributed by atoms with Crippen LogP contribution in [0, 0.1) is 13.8 Å². The summed E-state index contributed by atoms with van der Waals surface area (Å²) >= 11 is 0. The minimum atomic E-state index is -1.03. The minimum Gasteiger partial charge on any atom is -0.480 e. The van der Waals surface area contributed by atoms with E-state index in [1.165, 1.54) is 23.1 Å². The molecule has 5 nitrogen and oxygen atoms in total. The fourth-order valence-electron chi connectivity index (χ4n) is 5.47. The van der Waals surface area contributed by atoms with E-state index in [0.717, 1.165) is 55.2 Å². The third kappa shape index (κ3) is 5.67. The molecule has 0 heterocycles. The number of carboxylic acid groups (broad SMARTS) is 1. The van der Waals surface area contributed by atoms with Gasteiger partial charge in [0.1, 0.15) is 6.54 Å². The van der Waals surface area contributed by atoms with Crippen LogP contribution >= 0.6 is 0 Å². The average Bonchev–Trinajstić information content (AvgIpc) is 3.25. The molecule has 0 unspecified atom stereocenters. The first-order valence-electron chi connectivity index (χ1n) is 12.7. The van der Waals surface area contributed by atoms with Gasteiger partial charge in [-0.1, -0.05) is 69.2 Å². The number of benzene rings is 2. The smallest absolute Gasteiger partial charge is 0.323 e. The average molecular weight is 478 g/mol. The van der Waals surface area contributed by atoms with E-state index in [1.54, 1.807) is 0 Å². The number of aliphatic carboxylic acids is 1. The van der Waals surface area contributed by atoms with Crippen LogP contribution in [0.4, 0.5) is 0 Å². The SMILES string of the molecule is CCC(CC)(c1ccc(C=CC2(O)CCCC2)c(C)c1)c1ccc(C(=O)N(C)CC(=O)O)c(C)c1. The van der Waals surface area contributed by atoms with Gasteiger partial charge in [0.05, 0.1) is 5.60 Å². The Morgan fingerprint density at radius 1 is 1.00 bits per heavy atom. The number of likely N-dealkylation sites (N-methyl/N-ethyl adjacent to an activating group) is 1. The van der Waals surface area contributed by atoms with Crippen LogP contribution in [0.3, 0.4) is 0 Å². The van der Waals surface area contributed by atoms with Gasteiger partial charge in [0.2, 0.25) is 0 Å². The molecule has 1 fully saturated rings. The number of aryl methyl sites for hydroxylation is 2. The van der Waals surface area contributed by atoms with Gasteiger partial charge in [0.15, 0.2) is 0 Å². The van der Waals surface area contributed by atoms with Crippen molar-refractivity contribution in [3.63, 3.8) is 0 Å². The van der Waals surface area contributed by atoms with Crippen LogP contribution in [-0.4, -0.2) is 46.2 Å². The molecule has 0 aliphatic heterocycles. The van der Waals surface area contributed by atoms with Gasteiger partial charge < -0.3 is 15.1 Å². The number of nitrogens with zero attached hydrogens (tertiary/aromatic N) is 1. The maximum absolute atomic E-state index is 12.8. The van der Waals surface area contributed by atoms with Crippen molar-refractivity contribution < 1.29 is 19.8 Å². The van der Waals surface area contributed by atoms with E-state index in [0.29, 0.717) is 5.56 Å². The van der Waals surface area contributed by atoms with Gasteiger partial charge in [-0.25, -0.2) is 0 Å². The zero-order valence-corrected chi connectivity index (χ0v) is 21.7. The molecule has 0 saturated heterocycles. The van der Waals surface area contributed by atoms with Crippen molar-refractivity contribution in [1.82, 2.24) is 4.90 Å². The molecule has 0 bridgehead atoms. The molecule has 35 heavy (non-hydrogen) atoms. The standard InChI is InChI=1S/C30H39NO4/c1-6-30(7-2,25-12-13-26(22(4)19-25)28(34)31(5)20-27(32)33)24-11-10-23(21(3)18-24)14-17-29(35)15-8-9-16-29/h10-14,17-19,35H,6-9,15-16,20H2,1-5H3,(H,32,33). The molecule has 0 spiro atoms. The second-order valence-corrected chi connectivity index (χ2v) is 10.1. The topological polar surface area (TPSA) is 77.8 Å². The first kappa shape index (κ1) is 26.7. The van der Waals surface area contributed by atoms with Gasteiger partial charge in [0.25, 0.3) is 5.91 Å². The van der Waals surface area contributed by atoms with Gasteiger partial charge in [-0.2, -0.15) is 0 Å². The lowest BCUT2D eigenvalue weighted by molar-refractivity contribution is -0.137. The van der Waals surface area contributed by atoms with Crippen molar-refractivity contribution in [3.8, 4) is 0 Å². The summed E-state index contributed by atoms with van der Waals surface area (Å²) in [5.41, 5.74) is 5.18. The third-order valence-electron chi connectivity index (χ3n) is 7.80. The molecule has 1 saturated carbocycles. The molecule has 0 atom stereocenters. The summed E-state index contributed by atoms with van der Waals surface area (Å²) in [4.78, 5) is 25.0. The number of carboxylic acids is 1. The quantitative estimate of drug-likeness (QED) is 0.472. The van der Waals surface area contributed by atoms with Crippen molar-refractivity contribution in [3.05, 3.63) is 75.9 Å². The van der Waals surface area contributed by atoms with E-state index >= 15 is 0 Å². The Kier molecular flexibility index (Phi) is 8.22.